The summed E-state index contributed by atoms with van der Waals surface area (Å²) in [6.45, 7) is 2.19. The van der Waals surface area contributed by atoms with Gasteiger partial charge in [0.25, 0.3) is 11.8 Å². The molecule has 0 bridgehead atoms. The lowest BCUT2D eigenvalue weighted by atomic mass is 9.96. The Morgan fingerprint density at radius 1 is 1.21 bits per heavy atom. The second-order valence-corrected chi connectivity index (χ2v) is 8.25. The maximum absolute atomic E-state index is 12.5. The van der Waals surface area contributed by atoms with Crippen molar-refractivity contribution in [2.75, 3.05) is 19.7 Å². The van der Waals surface area contributed by atoms with Crippen molar-refractivity contribution in [1.82, 2.24) is 10.2 Å². The quantitative estimate of drug-likeness (QED) is 0.717. The zero-order chi connectivity index (χ0) is 21.0. The summed E-state index contributed by atoms with van der Waals surface area (Å²) >= 11 is 5.85. The van der Waals surface area contributed by atoms with Gasteiger partial charge in [-0.1, -0.05) is 11.6 Å². The van der Waals surface area contributed by atoms with E-state index in [1.54, 1.807) is 36.1 Å². The van der Waals surface area contributed by atoms with Gasteiger partial charge in [0.1, 0.15) is 5.54 Å². The van der Waals surface area contributed by atoms with Crippen molar-refractivity contribution in [1.29, 1.82) is 5.26 Å². The van der Waals surface area contributed by atoms with E-state index in [4.69, 9.17) is 16.3 Å². The van der Waals surface area contributed by atoms with Gasteiger partial charge in [0, 0.05) is 23.7 Å². The number of benzene rings is 1. The number of ether oxygens (including phenoxy) is 1. The van der Waals surface area contributed by atoms with Crippen LogP contribution >= 0.6 is 11.6 Å². The first-order valence-electron chi connectivity index (χ1n) is 9.76. The summed E-state index contributed by atoms with van der Waals surface area (Å²) in [5, 5.41) is 12.5. The van der Waals surface area contributed by atoms with Crippen molar-refractivity contribution < 1.29 is 19.1 Å². The minimum Gasteiger partial charge on any atom is -0.455 e. The molecule has 1 aliphatic carbocycles. The smallest absolute Gasteiger partial charge is 0.309 e. The van der Waals surface area contributed by atoms with Crippen LogP contribution in [0.15, 0.2) is 24.3 Å². The van der Waals surface area contributed by atoms with E-state index < -0.39 is 24.0 Å². The molecule has 8 heteroatoms. The van der Waals surface area contributed by atoms with E-state index in [9.17, 15) is 19.6 Å². The molecule has 1 saturated heterocycles. The molecule has 7 nitrogen and oxygen atoms in total. The predicted octanol–water partition coefficient (Wildman–Crippen LogP) is 2.54. The fraction of sp³-hybridized carbons (Fsp3) is 0.524. The molecule has 0 spiro atoms. The molecular formula is C21H24ClN3O4. The van der Waals surface area contributed by atoms with Gasteiger partial charge in [-0.25, -0.2) is 0 Å². The van der Waals surface area contributed by atoms with E-state index >= 15 is 0 Å². The molecule has 1 saturated carbocycles. The van der Waals surface area contributed by atoms with Gasteiger partial charge in [0.15, 0.2) is 6.61 Å². The minimum atomic E-state index is -0.906. The molecule has 1 N–H and O–H groups in total. The maximum atomic E-state index is 12.5. The Labute approximate surface area is 174 Å². The molecule has 1 heterocycles. The second kappa shape index (κ2) is 8.83. The third kappa shape index (κ3) is 5.27. The first-order valence-corrected chi connectivity index (χ1v) is 10.1. The van der Waals surface area contributed by atoms with Crippen molar-refractivity contribution in [2.24, 2.45) is 11.8 Å². The van der Waals surface area contributed by atoms with Crippen molar-refractivity contribution in [2.45, 2.75) is 38.1 Å². The fourth-order valence-corrected chi connectivity index (χ4v) is 3.68. The monoisotopic (exact) mass is 417 g/mol. The number of amides is 2. The minimum absolute atomic E-state index is 0.0938. The fourth-order valence-electron chi connectivity index (χ4n) is 3.56. The van der Waals surface area contributed by atoms with Gasteiger partial charge in [0.05, 0.1) is 12.0 Å². The van der Waals surface area contributed by atoms with Gasteiger partial charge in [-0.2, -0.15) is 5.26 Å². The van der Waals surface area contributed by atoms with Gasteiger partial charge in [-0.3, -0.25) is 14.4 Å². The third-order valence-corrected chi connectivity index (χ3v) is 5.83. The maximum Gasteiger partial charge on any atom is 0.309 e. The highest BCUT2D eigenvalue weighted by molar-refractivity contribution is 6.30. The molecule has 154 valence electrons. The number of halogens is 1. The van der Waals surface area contributed by atoms with E-state index in [0.29, 0.717) is 36.5 Å². The molecule has 1 aromatic carbocycles. The third-order valence-electron chi connectivity index (χ3n) is 5.58. The zero-order valence-electron chi connectivity index (χ0n) is 16.3. The van der Waals surface area contributed by atoms with E-state index in [1.165, 1.54) is 0 Å². The average Bonchev–Trinajstić information content (AvgIpc) is 3.58. The molecule has 29 heavy (non-hydrogen) atoms. The Morgan fingerprint density at radius 3 is 2.38 bits per heavy atom. The molecule has 2 amide bonds. The number of esters is 1. The number of rotatable bonds is 6. The number of nitrogens with one attached hydrogen (secondary N) is 1. The van der Waals surface area contributed by atoms with E-state index in [-0.39, 0.29) is 17.7 Å². The lowest BCUT2D eigenvalue weighted by Gasteiger charge is -2.31. The van der Waals surface area contributed by atoms with Crippen molar-refractivity contribution in [3.05, 3.63) is 34.9 Å². The van der Waals surface area contributed by atoms with Crippen molar-refractivity contribution in [3.8, 4) is 6.07 Å². The Balaban J connectivity index is 1.43. The SMILES string of the molecule is C[C@@](C#N)(NC(=O)COC(=O)C1CCN(C(=O)c2ccc(Cl)cc2)CC1)C1CC1. The van der Waals surface area contributed by atoms with Gasteiger partial charge >= 0.3 is 5.97 Å². The van der Waals surface area contributed by atoms with Crippen LogP contribution in [0.1, 0.15) is 43.0 Å². The van der Waals surface area contributed by atoms with Gasteiger partial charge in [-0.15, -0.1) is 0 Å². The summed E-state index contributed by atoms with van der Waals surface area (Å²) in [4.78, 5) is 38.6. The summed E-state index contributed by atoms with van der Waals surface area (Å²) in [6.07, 6.45) is 2.80. The van der Waals surface area contributed by atoms with E-state index in [2.05, 4.69) is 11.4 Å². The largest absolute Gasteiger partial charge is 0.455 e. The van der Waals surface area contributed by atoms with Crippen LogP contribution in [-0.2, 0) is 14.3 Å². The molecule has 1 aliphatic heterocycles. The lowest BCUT2D eigenvalue weighted by molar-refractivity contribution is -0.154. The number of likely N-dealkylation sites (tertiary alicyclic amines) is 1. The van der Waals surface area contributed by atoms with Crippen molar-refractivity contribution in [3.63, 3.8) is 0 Å². The Morgan fingerprint density at radius 2 is 1.83 bits per heavy atom. The van der Waals surface area contributed by atoms with E-state index in [1.807, 2.05) is 0 Å². The molecule has 0 aromatic heterocycles. The Hall–Kier alpha value is -2.59. The van der Waals surface area contributed by atoms with Gasteiger partial charge in [-0.05, 0) is 62.8 Å². The molecule has 0 radical (unpaired) electrons. The molecule has 2 aliphatic rings. The van der Waals surface area contributed by atoms with Crippen LogP contribution in [0, 0.1) is 23.2 Å². The highest BCUT2D eigenvalue weighted by Crippen LogP contribution is 2.39. The van der Waals surface area contributed by atoms with Crippen LogP contribution in [0.3, 0.4) is 0 Å². The summed E-state index contributed by atoms with van der Waals surface area (Å²) in [5.41, 5.74) is -0.347. The standard InChI is InChI=1S/C21H24ClN3O4/c1-21(13-23,16-4-5-16)24-18(26)12-29-20(28)15-8-10-25(11-9-15)19(27)14-2-6-17(22)7-3-14/h2-3,6-7,15-16H,4-5,8-12H2,1H3,(H,24,26)/t21-/m0/s1. The Bertz CT molecular complexity index is 823. The summed E-state index contributed by atoms with van der Waals surface area (Å²) < 4.78 is 5.15. The highest BCUT2D eigenvalue weighted by Gasteiger charge is 2.43. The molecule has 1 atom stereocenters. The Kier molecular flexibility index (Phi) is 6.43. The average molecular weight is 418 g/mol. The highest BCUT2D eigenvalue weighted by atomic mass is 35.5. The molecule has 1 aromatic rings. The van der Waals surface area contributed by atoms with Gasteiger partial charge < -0.3 is 15.0 Å². The number of hydrogen-bond donors (Lipinski definition) is 1. The molecular weight excluding hydrogens is 394 g/mol. The number of hydrogen-bond acceptors (Lipinski definition) is 5. The van der Waals surface area contributed by atoms with Crippen LogP contribution in [0.25, 0.3) is 0 Å². The summed E-state index contributed by atoms with van der Waals surface area (Å²) in [7, 11) is 0. The summed E-state index contributed by atoms with van der Waals surface area (Å²) in [5.74, 6) is -1.19. The second-order valence-electron chi connectivity index (χ2n) is 7.82. The van der Waals surface area contributed by atoms with Crippen LogP contribution < -0.4 is 5.32 Å². The van der Waals surface area contributed by atoms with Crippen LogP contribution in [-0.4, -0.2) is 47.9 Å². The predicted molar refractivity (Wildman–Crippen MR) is 106 cm³/mol. The number of nitrogens with zero attached hydrogens (tertiary/aromatic N) is 2. The lowest BCUT2D eigenvalue weighted by Crippen LogP contribution is -2.48. The first kappa shape index (κ1) is 21.1. The first-order chi connectivity index (χ1) is 13.8. The van der Waals surface area contributed by atoms with E-state index in [0.717, 1.165) is 12.8 Å². The molecule has 0 unspecified atom stereocenters. The summed E-state index contributed by atoms with van der Waals surface area (Å²) in [6, 6.07) is 8.84. The number of carbonyl (C=O) groups is 3. The van der Waals surface area contributed by atoms with Crippen LogP contribution in [0.2, 0.25) is 5.02 Å². The zero-order valence-corrected chi connectivity index (χ0v) is 17.1. The van der Waals surface area contributed by atoms with Gasteiger partial charge in [0.2, 0.25) is 0 Å². The number of carbonyl (C=O) groups excluding carboxylic acids is 3. The number of nitriles is 1. The number of piperidine rings is 1. The normalized spacial score (nSPS) is 19.0. The van der Waals surface area contributed by atoms with Crippen molar-refractivity contribution >= 4 is 29.4 Å². The van der Waals surface area contributed by atoms with Crippen LogP contribution in [0.5, 0.6) is 0 Å². The topological polar surface area (TPSA) is 99.5 Å². The molecule has 3 rings (SSSR count). The van der Waals surface area contributed by atoms with Crippen LogP contribution in [0.4, 0.5) is 0 Å². The molecule has 2 fully saturated rings.